The van der Waals surface area contributed by atoms with Crippen LogP contribution in [0.2, 0.25) is 0 Å². The summed E-state index contributed by atoms with van der Waals surface area (Å²) in [6, 6.07) is 7.99. The molecule has 0 spiro atoms. The van der Waals surface area contributed by atoms with Gasteiger partial charge < -0.3 is 19.9 Å². The molecule has 0 aliphatic carbocycles. The van der Waals surface area contributed by atoms with E-state index in [1.54, 1.807) is 26.0 Å². The summed E-state index contributed by atoms with van der Waals surface area (Å²) in [5, 5.41) is 11.1. The molecule has 126 valence electrons. The van der Waals surface area contributed by atoms with Crippen LogP contribution in [0.15, 0.2) is 30.3 Å². The van der Waals surface area contributed by atoms with Gasteiger partial charge in [0.05, 0.1) is 6.10 Å². The van der Waals surface area contributed by atoms with Crippen molar-refractivity contribution in [3.05, 3.63) is 35.9 Å². The van der Waals surface area contributed by atoms with Crippen LogP contribution < -0.4 is 5.32 Å². The summed E-state index contributed by atoms with van der Waals surface area (Å²) in [5.41, 5.74) is 0.800. The molecule has 2 N–H and O–H groups in total. The molecule has 0 aliphatic heterocycles. The monoisotopic (exact) mass is 323 g/mol. The SMILES string of the molecule is CC(C)OC(=O)[C@@H](CCC(=O)O)NC(=O)OCc1ccccc1. The Kier molecular flexibility index (Phi) is 7.59. The summed E-state index contributed by atoms with van der Waals surface area (Å²) in [7, 11) is 0. The van der Waals surface area contributed by atoms with Gasteiger partial charge in [0.15, 0.2) is 0 Å². The van der Waals surface area contributed by atoms with Gasteiger partial charge in [0.2, 0.25) is 0 Å². The molecule has 1 aromatic rings. The van der Waals surface area contributed by atoms with Gasteiger partial charge in [-0.15, -0.1) is 0 Å². The van der Waals surface area contributed by atoms with E-state index in [9.17, 15) is 14.4 Å². The maximum absolute atomic E-state index is 11.9. The summed E-state index contributed by atoms with van der Waals surface area (Å²) in [6.45, 7) is 3.39. The van der Waals surface area contributed by atoms with Crippen molar-refractivity contribution in [3.63, 3.8) is 0 Å². The van der Waals surface area contributed by atoms with E-state index in [2.05, 4.69) is 5.32 Å². The van der Waals surface area contributed by atoms with Gasteiger partial charge in [-0.05, 0) is 25.8 Å². The maximum atomic E-state index is 11.9. The predicted octanol–water partition coefficient (Wildman–Crippen LogP) is 2.10. The Labute approximate surface area is 134 Å². The smallest absolute Gasteiger partial charge is 0.408 e. The Balaban J connectivity index is 2.54. The van der Waals surface area contributed by atoms with Crippen molar-refractivity contribution in [1.29, 1.82) is 0 Å². The van der Waals surface area contributed by atoms with E-state index in [1.165, 1.54) is 0 Å². The number of amides is 1. The zero-order valence-corrected chi connectivity index (χ0v) is 13.2. The zero-order chi connectivity index (χ0) is 17.2. The molecule has 1 aromatic carbocycles. The lowest BCUT2D eigenvalue weighted by atomic mass is 10.1. The maximum Gasteiger partial charge on any atom is 0.408 e. The number of carboxylic acids is 1. The molecule has 0 saturated carbocycles. The number of nitrogens with one attached hydrogen (secondary N) is 1. The van der Waals surface area contributed by atoms with Crippen LogP contribution in [0.3, 0.4) is 0 Å². The zero-order valence-electron chi connectivity index (χ0n) is 13.2. The lowest BCUT2D eigenvalue weighted by molar-refractivity contribution is -0.150. The Morgan fingerprint density at radius 2 is 1.83 bits per heavy atom. The second-order valence-corrected chi connectivity index (χ2v) is 5.18. The predicted molar refractivity (Wildman–Crippen MR) is 81.6 cm³/mol. The normalized spacial score (nSPS) is 11.6. The van der Waals surface area contributed by atoms with Gasteiger partial charge in [0, 0.05) is 6.42 Å². The number of carbonyl (C=O) groups excluding carboxylic acids is 2. The highest BCUT2D eigenvalue weighted by Crippen LogP contribution is 2.05. The molecule has 23 heavy (non-hydrogen) atoms. The number of benzene rings is 1. The average molecular weight is 323 g/mol. The van der Waals surface area contributed by atoms with E-state index in [-0.39, 0.29) is 25.6 Å². The number of carboxylic acid groups (broad SMARTS) is 1. The first-order valence-corrected chi connectivity index (χ1v) is 7.28. The summed E-state index contributed by atoms with van der Waals surface area (Å²) in [6.07, 6.45) is -1.50. The lowest BCUT2D eigenvalue weighted by Gasteiger charge is -2.18. The Morgan fingerprint density at radius 3 is 2.39 bits per heavy atom. The number of carbonyl (C=O) groups is 3. The van der Waals surface area contributed by atoms with Crippen LogP contribution in [0.5, 0.6) is 0 Å². The van der Waals surface area contributed by atoms with Crippen LogP contribution in [0, 0.1) is 0 Å². The van der Waals surface area contributed by atoms with Crippen molar-refractivity contribution in [2.24, 2.45) is 0 Å². The van der Waals surface area contributed by atoms with Gasteiger partial charge in [0.1, 0.15) is 12.6 Å². The first-order valence-electron chi connectivity index (χ1n) is 7.28. The van der Waals surface area contributed by atoms with Crippen molar-refractivity contribution in [2.75, 3.05) is 0 Å². The van der Waals surface area contributed by atoms with Gasteiger partial charge in [-0.25, -0.2) is 9.59 Å². The minimum atomic E-state index is -1.06. The summed E-state index contributed by atoms with van der Waals surface area (Å²) < 4.78 is 10.0. The molecule has 0 aromatic heterocycles. The number of rotatable bonds is 8. The largest absolute Gasteiger partial charge is 0.481 e. The molecule has 7 nitrogen and oxygen atoms in total. The molecule has 1 atom stereocenters. The van der Waals surface area contributed by atoms with E-state index in [1.807, 2.05) is 18.2 Å². The molecule has 0 bridgehead atoms. The summed E-state index contributed by atoms with van der Waals surface area (Å²) in [5.74, 6) is -1.75. The highest BCUT2D eigenvalue weighted by molar-refractivity contribution is 5.82. The fourth-order valence-electron chi connectivity index (χ4n) is 1.74. The second kappa shape index (κ2) is 9.45. The number of alkyl carbamates (subject to hydrolysis) is 1. The van der Waals surface area contributed by atoms with Crippen LogP contribution in [0.4, 0.5) is 4.79 Å². The highest BCUT2D eigenvalue weighted by atomic mass is 16.6. The Hall–Kier alpha value is -2.57. The molecule has 0 fully saturated rings. The quantitative estimate of drug-likeness (QED) is 0.710. The van der Waals surface area contributed by atoms with Gasteiger partial charge in [-0.1, -0.05) is 30.3 Å². The molecule has 1 amide bonds. The van der Waals surface area contributed by atoms with E-state index < -0.39 is 24.1 Å². The molecule has 0 heterocycles. The Bertz CT molecular complexity index is 529. The Morgan fingerprint density at radius 1 is 1.17 bits per heavy atom. The van der Waals surface area contributed by atoms with E-state index >= 15 is 0 Å². The van der Waals surface area contributed by atoms with Crippen LogP contribution in [-0.4, -0.2) is 35.3 Å². The average Bonchev–Trinajstić information content (AvgIpc) is 2.49. The highest BCUT2D eigenvalue weighted by Gasteiger charge is 2.24. The summed E-state index contributed by atoms with van der Waals surface area (Å²) in [4.78, 5) is 34.3. The first kappa shape index (κ1) is 18.5. The van der Waals surface area contributed by atoms with E-state index in [0.717, 1.165) is 5.56 Å². The standard InChI is InChI=1S/C16H21NO6/c1-11(2)23-15(20)13(8-9-14(18)19)17-16(21)22-10-12-6-4-3-5-7-12/h3-7,11,13H,8-10H2,1-2H3,(H,17,21)(H,18,19)/t13-/m1/s1. The van der Waals surface area contributed by atoms with E-state index in [4.69, 9.17) is 14.6 Å². The van der Waals surface area contributed by atoms with Crippen molar-refractivity contribution in [2.45, 2.75) is 45.4 Å². The third kappa shape index (κ3) is 7.85. The molecular weight excluding hydrogens is 302 g/mol. The topological polar surface area (TPSA) is 102 Å². The molecule has 7 heteroatoms. The van der Waals surface area contributed by atoms with Crippen LogP contribution in [-0.2, 0) is 25.7 Å². The number of hydrogen-bond acceptors (Lipinski definition) is 5. The fraction of sp³-hybridized carbons (Fsp3) is 0.438. The van der Waals surface area contributed by atoms with Gasteiger partial charge in [-0.3, -0.25) is 4.79 Å². The minimum absolute atomic E-state index is 0.0531. The fourth-order valence-corrected chi connectivity index (χ4v) is 1.74. The van der Waals surface area contributed by atoms with Gasteiger partial charge in [-0.2, -0.15) is 0 Å². The van der Waals surface area contributed by atoms with Crippen molar-refractivity contribution >= 4 is 18.0 Å². The second-order valence-electron chi connectivity index (χ2n) is 5.18. The van der Waals surface area contributed by atoms with Crippen molar-refractivity contribution < 1.29 is 29.0 Å². The van der Waals surface area contributed by atoms with Crippen LogP contribution in [0.25, 0.3) is 0 Å². The van der Waals surface area contributed by atoms with Gasteiger partial charge >= 0.3 is 18.0 Å². The minimum Gasteiger partial charge on any atom is -0.481 e. The van der Waals surface area contributed by atoms with Gasteiger partial charge in [0.25, 0.3) is 0 Å². The molecule has 1 rings (SSSR count). The van der Waals surface area contributed by atoms with E-state index in [0.29, 0.717) is 0 Å². The lowest BCUT2D eigenvalue weighted by Crippen LogP contribution is -2.43. The van der Waals surface area contributed by atoms with Crippen molar-refractivity contribution in [3.8, 4) is 0 Å². The van der Waals surface area contributed by atoms with Crippen molar-refractivity contribution in [1.82, 2.24) is 5.32 Å². The van der Waals surface area contributed by atoms with Crippen LogP contribution in [0.1, 0.15) is 32.3 Å². The third-order valence-corrected chi connectivity index (χ3v) is 2.79. The number of esters is 1. The number of hydrogen-bond donors (Lipinski definition) is 2. The summed E-state index contributed by atoms with van der Waals surface area (Å²) >= 11 is 0. The number of ether oxygens (including phenoxy) is 2. The molecule has 0 aliphatic rings. The third-order valence-electron chi connectivity index (χ3n) is 2.79. The van der Waals surface area contributed by atoms with Crippen LogP contribution >= 0.6 is 0 Å². The first-order chi connectivity index (χ1) is 10.9. The molecular formula is C16H21NO6. The number of aliphatic carboxylic acids is 1. The molecule has 0 unspecified atom stereocenters. The molecule has 0 radical (unpaired) electrons. The molecule has 0 saturated heterocycles.